The Morgan fingerprint density at radius 1 is 0.892 bits per heavy atom. The molecular weight excluding hydrogens is 474 g/mol. The Hall–Kier alpha value is -4.92. The standard InChI is InChI=1S/C28H23N3O6/c1-3-22(27(32)29-18-7-4-8-19(16-18)34-2)37-28(33)17-11-12-20-21(15-17)31-26(24-10-6-14-36-24)25(30-20)23-9-5-13-35-23/h4-16,22H,3H2,1-2H3,(H,29,32). The van der Waals surface area contributed by atoms with Crippen LogP contribution in [0.4, 0.5) is 5.69 Å². The molecule has 0 fully saturated rings. The summed E-state index contributed by atoms with van der Waals surface area (Å²) in [4.78, 5) is 35.2. The minimum atomic E-state index is -0.986. The summed E-state index contributed by atoms with van der Waals surface area (Å²) >= 11 is 0. The number of amides is 1. The number of nitrogens with zero attached hydrogens (tertiary/aromatic N) is 2. The van der Waals surface area contributed by atoms with Crippen molar-refractivity contribution in [3.05, 3.63) is 84.8 Å². The SMILES string of the molecule is CCC(OC(=O)c1ccc2nc(-c3ccco3)c(-c3ccco3)nc2c1)C(=O)Nc1cccc(OC)c1. The number of nitrogens with one attached hydrogen (secondary N) is 1. The largest absolute Gasteiger partial charge is 0.497 e. The van der Waals surface area contributed by atoms with Crippen LogP contribution in [0.2, 0.25) is 0 Å². The number of anilines is 1. The normalized spacial score (nSPS) is 11.7. The second-order valence-electron chi connectivity index (χ2n) is 8.10. The Morgan fingerprint density at radius 2 is 1.59 bits per heavy atom. The van der Waals surface area contributed by atoms with Gasteiger partial charge in [-0.05, 0) is 61.0 Å². The molecule has 3 aromatic heterocycles. The van der Waals surface area contributed by atoms with Crippen LogP contribution in [0.15, 0.2) is 88.1 Å². The number of carbonyl (C=O) groups is 2. The molecule has 0 aliphatic heterocycles. The molecule has 0 aliphatic carbocycles. The zero-order chi connectivity index (χ0) is 25.8. The maximum Gasteiger partial charge on any atom is 0.338 e. The molecule has 37 heavy (non-hydrogen) atoms. The van der Waals surface area contributed by atoms with Gasteiger partial charge in [0.25, 0.3) is 5.91 Å². The molecule has 0 saturated carbocycles. The lowest BCUT2D eigenvalue weighted by Crippen LogP contribution is -2.32. The molecule has 1 unspecified atom stereocenters. The number of ether oxygens (including phenoxy) is 2. The Kier molecular flexibility index (Phi) is 6.67. The van der Waals surface area contributed by atoms with E-state index in [4.69, 9.17) is 28.3 Å². The minimum absolute atomic E-state index is 0.241. The van der Waals surface area contributed by atoms with Crippen molar-refractivity contribution in [2.24, 2.45) is 0 Å². The summed E-state index contributed by atoms with van der Waals surface area (Å²) in [6, 6.07) is 18.9. The Labute approximate surface area is 212 Å². The topological polar surface area (TPSA) is 117 Å². The van der Waals surface area contributed by atoms with Crippen molar-refractivity contribution in [1.29, 1.82) is 0 Å². The van der Waals surface area contributed by atoms with Crippen LogP contribution in [-0.2, 0) is 9.53 Å². The fourth-order valence-corrected chi connectivity index (χ4v) is 3.79. The van der Waals surface area contributed by atoms with Crippen molar-refractivity contribution in [1.82, 2.24) is 9.97 Å². The lowest BCUT2D eigenvalue weighted by Gasteiger charge is -2.16. The van der Waals surface area contributed by atoms with Gasteiger partial charge in [-0.2, -0.15) is 0 Å². The minimum Gasteiger partial charge on any atom is -0.497 e. The third-order valence-corrected chi connectivity index (χ3v) is 5.66. The van der Waals surface area contributed by atoms with Crippen LogP contribution in [0, 0.1) is 0 Å². The fourth-order valence-electron chi connectivity index (χ4n) is 3.79. The molecular formula is C28H23N3O6. The van der Waals surface area contributed by atoms with Gasteiger partial charge in [0.15, 0.2) is 17.6 Å². The van der Waals surface area contributed by atoms with Gasteiger partial charge >= 0.3 is 5.97 Å². The predicted molar refractivity (Wildman–Crippen MR) is 136 cm³/mol. The van der Waals surface area contributed by atoms with E-state index >= 15 is 0 Å². The first kappa shape index (κ1) is 23.8. The van der Waals surface area contributed by atoms with Crippen LogP contribution >= 0.6 is 0 Å². The number of fused-ring (bicyclic) bond motifs is 1. The molecule has 0 bridgehead atoms. The lowest BCUT2D eigenvalue weighted by atomic mass is 10.1. The molecule has 3 heterocycles. The number of hydrogen-bond donors (Lipinski definition) is 1. The van der Waals surface area contributed by atoms with E-state index in [2.05, 4.69) is 5.32 Å². The van der Waals surface area contributed by atoms with Gasteiger partial charge in [0.05, 0.1) is 36.2 Å². The molecule has 5 aromatic rings. The number of aromatic nitrogens is 2. The summed E-state index contributed by atoms with van der Waals surface area (Å²) in [5.41, 5.74) is 2.79. The summed E-state index contributed by atoms with van der Waals surface area (Å²) in [6.07, 6.45) is 2.41. The molecule has 1 N–H and O–H groups in total. The van der Waals surface area contributed by atoms with E-state index < -0.39 is 18.0 Å². The monoisotopic (exact) mass is 497 g/mol. The van der Waals surface area contributed by atoms with Crippen LogP contribution in [0.1, 0.15) is 23.7 Å². The van der Waals surface area contributed by atoms with Crippen LogP contribution in [0.5, 0.6) is 5.75 Å². The van der Waals surface area contributed by atoms with Crippen LogP contribution in [0.3, 0.4) is 0 Å². The zero-order valence-electron chi connectivity index (χ0n) is 20.1. The van der Waals surface area contributed by atoms with Crippen molar-refractivity contribution < 1.29 is 27.9 Å². The second kappa shape index (κ2) is 10.4. The van der Waals surface area contributed by atoms with Crippen LogP contribution in [0.25, 0.3) is 33.9 Å². The number of methoxy groups -OCH3 is 1. The maximum atomic E-state index is 13.0. The molecule has 9 heteroatoms. The number of carbonyl (C=O) groups excluding carboxylic acids is 2. The van der Waals surface area contributed by atoms with E-state index in [1.54, 1.807) is 93.3 Å². The van der Waals surface area contributed by atoms with Crippen LogP contribution < -0.4 is 10.1 Å². The predicted octanol–water partition coefficient (Wildman–Crippen LogP) is 5.73. The highest BCUT2D eigenvalue weighted by molar-refractivity contribution is 5.99. The lowest BCUT2D eigenvalue weighted by molar-refractivity contribution is -0.124. The van der Waals surface area contributed by atoms with Gasteiger partial charge in [0.2, 0.25) is 0 Å². The van der Waals surface area contributed by atoms with Crippen molar-refractivity contribution in [2.75, 3.05) is 12.4 Å². The van der Waals surface area contributed by atoms with Gasteiger partial charge < -0.3 is 23.6 Å². The molecule has 2 aromatic carbocycles. The van der Waals surface area contributed by atoms with E-state index in [1.807, 2.05) is 0 Å². The van der Waals surface area contributed by atoms with Gasteiger partial charge in [-0.3, -0.25) is 4.79 Å². The fraction of sp³-hybridized carbons (Fsp3) is 0.143. The summed E-state index contributed by atoms with van der Waals surface area (Å²) in [5, 5.41) is 2.76. The first-order chi connectivity index (χ1) is 18.1. The third-order valence-electron chi connectivity index (χ3n) is 5.66. The molecule has 0 aliphatic rings. The first-order valence-corrected chi connectivity index (χ1v) is 11.6. The highest BCUT2D eigenvalue weighted by atomic mass is 16.5. The smallest absolute Gasteiger partial charge is 0.338 e. The highest BCUT2D eigenvalue weighted by Crippen LogP contribution is 2.31. The van der Waals surface area contributed by atoms with Gasteiger partial charge in [0.1, 0.15) is 17.1 Å². The first-order valence-electron chi connectivity index (χ1n) is 11.6. The van der Waals surface area contributed by atoms with Crippen molar-refractivity contribution in [2.45, 2.75) is 19.4 Å². The average molecular weight is 498 g/mol. The molecule has 1 atom stereocenters. The molecule has 9 nitrogen and oxygen atoms in total. The quantitative estimate of drug-likeness (QED) is 0.270. The number of benzene rings is 2. The van der Waals surface area contributed by atoms with E-state index in [0.29, 0.717) is 51.8 Å². The number of furan rings is 2. The second-order valence-corrected chi connectivity index (χ2v) is 8.10. The average Bonchev–Trinajstić information content (AvgIpc) is 3.65. The van der Waals surface area contributed by atoms with Gasteiger partial charge in [0, 0.05) is 11.8 Å². The number of hydrogen-bond acceptors (Lipinski definition) is 8. The molecule has 186 valence electrons. The number of esters is 1. The van der Waals surface area contributed by atoms with E-state index in [0.717, 1.165) is 0 Å². The summed E-state index contributed by atoms with van der Waals surface area (Å²) < 4.78 is 21.8. The van der Waals surface area contributed by atoms with Crippen molar-refractivity contribution >= 4 is 28.6 Å². The Morgan fingerprint density at radius 3 is 2.22 bits per heavy atom. The summed E-state index contributed by atoms with van der Waals surface area (Å²) in [6.45, 7) is 1.76. The van der Waals surface area contributed by atoms with Crippen molar-refractivity contribution in [3.63, 3.8) is 0 Å². The van der Waals surface area contributed by atoms with Gasteiger partial charge in [-0.15, -0.1) is 0 Å². The van der Waals surface area contributed by atoms with Crippen LogP contribution in [-0.4, -0.2) is 35.1 Å². The number of rotatable bonds is 8. The van der Waals surface area contributed by atoms with E-state index in [1.165, 1.54) is 0 Å². The molecule has 0 spiro atoms. The van der Waals surface area contributed by atoms with Gasteiger partial charge in [-0.25, -0.2) is 14.8 Å². The molecule has 0 radical (unpaired) electrons. The molecule has 5 rings (SSSR count). The molecule has 1 amide bonds. The van der Waals surface area contributed by atoms with Gasteiger partial charge in [-0.1, -0.05) is 13.0 Å². The maximum absolute atomic E-state index is 13.0. The zero-order valence-corrected chi connectivity index (χ0v) is 20.1. The molecule has 0 saturated heterocycles. The van der Waals surface area contributed by atoms with E-state index in [-0.39, 0.29) is 5.56 Å². The summed E-state index contributed by atoms with van der Waals surface area (Å²) in [5.74, 6) is 0.564. The highest BCUT2D eigenvalue weighted by Gasteiger charge is 2.23. The van der Waals surface area contributed by atoms with Crippen molar-refractivity contribution in [3.8, 4) is 28.7 Å². The summed E-state index contributed by atoms with van der Waals surface area (Å²) in [7, 11) is 1.54. The van der Waals surface area contributed by atoms with E-state index in [9.17, 15) is 9.59 Å². The Balaban J connectivity index is 1.40. The third kappa shape index (κ3) is 5.06. The Bertz CT molecular complexity index is 1540.